The van der Waals surface area contributed by atoms with Crippen LogP contribution in [-0.2, 0) is 4.79 Å². The summed E-state index contributed by atoms with van der Waals surface area (Å²) in [4.78, 5) is 10.6. The number of carboxylic acid groups (broad SMARTS) is 1. The van der Waals surface area contributed by atoms with Crippen LogP contribution < -0.4 is 0 Å². The second-order valence-corrected chi connectivity index (χ2v) is 6.92. The van der Waals surface area contributed by atoms with Crippen LogP contribution in [0.25, 0.3) is 17.2 Å². The molecule has 2 aromatic rings. The quantitative estimate of drug-likeness (QED) is 0.686. The first-order valence-electron chi connectivity index (χ1n) is 8.81. The number of aliphatic hydroxyl groups excluding tert-OH is 2. The van der Waals surface area contributed by atoms with E-state index in [0.29, 0.717) is 5.56 Å². The first kappa shape index (κ1) is 20.8. The van der Waals surface area contributed by atoms with Crippen LogP contribution in [0.5, 0.6) is 0 Å². The van der Waals surface area contributed by atoms with Crippen LogP contribution >= 0.6 is 0 Å². The van der Waals surface area contributed by atoms with Crippen LogP contribution in [-0.4, -0.2) is 33.5 Å². The van der Waals surface area contributed by atoms with Crippen molar-refractivity contribution in [2.24, 2.45) is 0 Å². The summed E-state index contributed by atoms with van der Waals surface area (Å²) in [6.07, 6.45) is 0.764. The summed E-state index contributed by atoms with van der Waals surface area (Å²) >= 11 is 0. The average Bonchev–Trinajstić information content (AvgIpc) is 2.55. The van der Waals surface area contributed by atoms with Gasteiger partial charge in [-0.3, -0.25) is 4.79 Å². The molecule has 2 rings (SSSR count). The van der Waals surface area contributed by atoms with E-state index < -0.39 is 24.6 Å². The summed E-state index contributed by atoms with van der Waals surface area (Å²) in [5.74, 6) is -1.37. The van der Waals surface area contributed by atoms with Crippen LogP contribution in [0.3, 0.4) is 0 Å². The Morgan fingerprint density at radius 1 is 1.11 bits per heavy atom. The molecule has 0 fully saturated rings. The third-order valence-corrected chi connectivity index (χ3v) is 4.41. The number of aryl methyl sites for hydroxylation is 3. The third-order valence-electron chi connectivity index (χ3n) is 4.41. The molecule has 0 aromatic heterocycles. The lowest BCUT2D eigenvalue weighted by atomic mass is 9.92. The van der Waals surface area contributed by atoms with Gasteiger partial charge in [0.05, 0.1) is 18.6 Å². The van der Waals surface area contributed by atoms with Gasteiger partial charge in [-0.25, -0.2) is 4.39 Å². The molecule has 4 nitrogen and oxygen atoms in total. The van der Waals surface area contributed by atoms with Gasteiger partial charge < -0.3 is 15.3 Å². The maximum Gasteiger partial charge on any atom is 0.305 e. The number of hydrogen-bond donors (Lipinski definition) is 3. The fraction of sp³-hybridized carbons (Fsp3) is 0.318. The van der Waals surface area contributed by atoms with Gasteiger partial charge in [-0.15, -0.1) is 0 Å². The minimum atomic E-state index is -1.11. The van der Waals surface area contributed by atoms with Gasteiger partial charge in [0.1, 0.15) is 5.82 Å². The van der Waals surface area contributed by atoms with Gasteiger partial charge in [0.2, 0.25) is 0 Å². The summed E-state index contributed by atoms with van der Waals surface area (Å²) in [5.41, 5.74) is 5.31. The van der Waals surface area contributed by atoms with Crippen molar-refractivity contribution < 1.29 is 24.5 Å². The van der Waals surface area contributed by atoms with Crippen molar-refractivity contribution in [3.63, 3.8) is 0 Å². The number of hydrogen-bond acceptors (Lipinski definition) is 3. The van der Waals surface area contributed by atoms with Gasteiger partial charge in [0.15, 0.2) is 0 Å². The zero-order valence-electron chi connectivity index (χ0n) is 15.7. The number of halogens is 1. The zero-order chi connectivity index (χ0) is 20.1. The molecule has 0 heterocycles. The summed E-state index contributed by atoms with van der Waals surface area (Å²) in [6.45, 7) is 5.65. The molecule has 0 aliphatic heterocycles. The van der Waals surface area contributed by atoms with Gasteiger partial charge in [0, 0.05) is 6.42 Å². The van der Waals surface area contributed by atoms with E-state index in [0.717, 1.165) is 27.8 Å². The van der Waals surface area contributed by atoms with Gasteiger partial charge >= 0.3 is 5.97 Å². The van der Waals surface area contributed by atoms with Gasteiger partial charge in [-0.1, -0.05) is 35.9 Å². The fourth-order valence-corrected chi connectivity index (χ4v) is 3.10. The molecular formula is C22H25FO4. The number of carbonyl (C=O) groups is 1. The van der Waals surface area contributed by atoms with Crippen LogP contribution in [0.15, 0.2) is 36.4 Å². The molecule has 3 N–H and O–H groups in total. The van der Waals surface area contributed by atoms with Crippen LogP contribution in [0, 0.1) is 26.6 Å². The van der Waals surface area contributed by atoms with Gasteiger partial charge in [0.25, 0.3) is 0 Å². The highest BCUT2D eigenvalue weighted by Crippen LogP contribution is 2.30. The third kappa shape index (κ3) is 5.74. The van der Waals surface area contributed by atoms with E-state index in [2.05, 4.69) is 0 Å². The highest BCUT2D eigenvalue weighted by Gasteiger charge is 2.14. The van der Waals surface area contributed by atoms with E-state index >= 15 is 0 Å². The summed E-state index contributed by atoms with van der Waals surface area (Å²) in [6, 6.07) is 8.97. The number of carboxylic acids is 1. The van der Waals surface area contributed by atoms with E-state index in [4.69, 9.17) is 5.11 Å². The number of aliphatic hydroxyl groups is 2. The first-order chi connectivity index (χ1) is 12.7. The largest absolute Gasteiger partial charge is 0.481 e. The topological polar surface area (TPSA) is 77.8 Å². The van der Waals surface area contributed by atoms with Crippen LogP contribution in [0.2, 0.25) is 0 Å². The van der Waals surface area contributed by atoms with Crippen molar-refractivity contribution in [3.8, 4) is 11.1 Å². The zero-order valence-corrected chi connectivity index (χ0v) is 15.7. The lowest BCUT2D eigenvalue weighted by Gasteiger charge is -2.14. The number of aliphatic carboxylic acids is 1. The van der Waals surface area contributed by atoms with E-state index in [9.17, 15) is 19.4 Å². The molecule has 27 heavy (non-hydrogen) atoms. The Kier molecular flexibility index (Phi) is 6.88. The normalized spacial score (nSPS) is 13.7. The molecule has 0 saturated heterocycles. The maximum absolute atomic E-state index is 13.6. The monoisotopic (exact) mass is 372 g/mol. The Morgan fingerprint density at radius 2 is 1.81 bits per heavy atom. The van der Waals surface area contributed by atoms with Crippen molar-refractivity contribution in [2.75, 3.05) is 0 Å². The second-order valence-electron chi connectivity index (χ2n) is 6.92. The minimum Gasteiger partial charge on any atom is -0.481 e. The van der Waals surface area contributed by atoms with E-state index in [1.807, 2.05) is 26.0 Å². The molecule has 0 bridgehead atoms. The molecule has 0 spiro atoms. The fourth-order valence-electron chi connectivity index (χ4n) is 3.10. The molecule has 0 unspecified atom stereocenters. The van der Waals surface area contributed by atoms with Crippen molar-refractivity contribution in [1.29, 1.82) is 0 Å². The molecule has 0 radical (unpaired) electrons. The summed E-state index contributed by atoms with van der Waals surface area (Å²) < 4.78 is 13.6. The maximum atomic E-state index is 13.6. The SMILES string of the molecule is Cc1cc(C)c(C=C[C@@H](O)C[C@@H](O)CC(=O)O)c(-c2ccc(F)c(C)c2)c1. The molecule has 0 aliphatic rings. The Morgan fingerprint density at radius 3 is 2.44 bits per heavy atom. The van der Waals surface area contributed by atoms with Gasteiger partial charge in [-0.2, -0.15) is 0 Å². The Bertz CT molecular complexity index is 858. The molecule has 144 valence electrons. The standard InChI is InChI=1S/C22H25FO4/c1-13-8-14(2)19(6-5-17(24)11-18(25)12-22(26)27)20(9-13)16-4-7-21(23)15(3)10-16/h4-10,17-18,24-25H,11-12H2,1-3H3,(H,26,27)/t17-,18-/m1/s1. The predicted molar refractivity (Wildman–Crippen MR) is 104 cm³/mol. The lowest BCUT2D eigenvalue weighted by Crippen LogP contribution is -2.19. The van der Waals surface area contributed by atoms with Crippen molar-refractivity contribution >= 4 is 12.0 Å². The Hall–Kier alpha value is -2.50. The van der Waals surface area contributed by atoms with Crippen molar-refractivity contribution in [3.05, 3.63) is 64.5 Å². The summed E-state index contributed by atoms with van der Waals surface area (Å²) in [7, 11) is 0. The van der Waals surface area contributed by atoms with Crippen molar-refractivity contribution in [1.82, 2.24) is 0 Å². The molecule has 2 atom stereocenters. The van der Waals surface area contributed by atoms with Crippen LogP contribution in [0.4, 0.5) is 4.39 Å². The predicted octanol–water partition coefficient (Wildman–Crippen LogP) is 4.02. The molecule has 0 saturated carbocycles. The summed E-state index contributed by atoms with van der Waals surface area (Å²) in [5, 5.41) is 28.4. The first-order valence-corrected chi connectivity index (χ1v) is 8.81. The lowest BCUT2D eigenvalue weighted by molar-refractivity contribution is -0.139. The van der Waals surface area contributed by atoms with Crippen molar-refractivity contribution in [2.45, 2.75) is 45.8 Å². The second kappa shape index (κ2) is 8.93. The van der Waals surface area contributed by atoms with E-state index in [1.54, 1.807) is 31.2 Å². The van der Waals surface area contributed by atoms with E-state index in [-0.39, 0.29) is 12.2 Å². The number of benzene rings is 2. The van der Waals surface area contributed by atoms with E-state index in [1.165, 1.54) is 6.07 Å². The Labute approximate surface area is 158 Å². The smallest absolute Gasteiger partial charge is 0.305 e. The van der Waals surface area contributed by atoms with Gasteiger partial charge in [-0.05, 0) is 60.7 Å². The highest BCUT2D eigenvalue weighted by molar-refractivity contribution is 5.78. The molecule has 5 heteroatoms. The molecule has 2 aromatic carbocycles. The molecule has 0 amide bonds. The van der Waals surface area contributed by atoms with Crippen LogP contribution in [0.1, 0.15) is 35.1 Å². The number of rotatable bonds is 7. The Balaban J connectivity index is 2.33. The molecular weight excluding hydrogens is 347 g/mol. The highest BCUT2D eigenvalue weighted by atomic mass is 19.1. The average molecular weight is 372 g/mol. The molecule has 0 aliphatic carbocycles. The minimum absolute atomic E-state index is 0.0568.